The van der Waals surface area contributed by atoms with Crippen LogP contribution in [-0.4, -0.2) is 21.3 Å². The van der Waals surface area contributed by atoms with Crippen LogP contribution in [0.2, 0.25) is 0 Å². The van der Waals surface area contributed by atoms with Gasteiger partial charge in [0.2, 0.25) is 0 Å². The number of hydrogen-bond acceptors (Lipinski definition) is 4. The molecule has 0 spiro atoms. The fourth-order valence-electron chi connectivity index (χ4n) is 2.24. The average molecular weight is 304 g/mol. The van der Waals surface area contributed by atoms with Gasteiger partial charge >= 0.3 is 0 Å². The first-order valence-corrected chi connectivity index (χ1v) is 8.33. The van der Waals surface area contributed by atoms with E-state index in [2.05, 4.69) is 47.4 Å². The van der Waals surface area contributed by atoms with E-state index in [1.54, 1.807) is 11.8 Å². The van der Waals surface area contributed by atoms with Gasteiger partial charge < -0.3 is 5.32 Å². The maximum absolute atomic E-state index is 4.62. The van der Waals surface area contributed by atoms with Crippen molar-refractivity contribution in [1.29, 1.82) is 0 Å². The topological polar surface area (TPSA) is 42.7 Å². The number of nitrogens with one attached hydrogen (secondary N) is 1. The summed E-state index contributed by atoms with van der Waals surface area (Å²) in [7, 11) is 1.97. The van der Waals surface area contributed by atoms with Crippen LogP contribution in [0.15, 0.2) is 34.3 Å². The molecule has 2 rings (SSSR count). The van der Waals surface area contributed by atoms with Gasteiger partial charge in [0.15, 0.2) is 0 Å². The largest absolute Gasteiger partial charge is 0.309 e. The maximum Gasteiger partial charge on any atom is 0.0987 e. The third-order valence-electron chi connectivity index (χ3n) is 3.35. The molecule has 1 atom stereocenters. The zero-order chi connectivity index (χ0) is 15.2. The Morgan fingerprint density at radius 1 is 1.33 bits per heavy atom. The first kappa shape index (κ1) is 16.0. The van der Waals surface area contributed by atoms with E-state index in [4.69, 9.17) is 0 Å². The molecular weight excluding hydrogens is 280 g/mol. The molecule has 0 fully saturated rings. The molecule has 2 aromatic rings. The highest BCUT2D eigenvalue weighted by atomic mass is 32.2. The maximum atomic E-state index is 4.62. The van der Waals surface area contributed by atoms with Crippen LogP contribution in [0.4, 0.5) is 0 Å². The molecule has 2 aromatic heterocycles. The van der Waals surface area contributed by atoms with Gasteiger partial charge in [0.1, 0.15) is 0 Å². The van der Waals surface area contributed by atoms with Gasteiger partial charge in [-0.25, -0.2) is 0 Å². The molecule has 5 heteroatoms. The Labute approximate surface area is 131 Å². The van der Waals surface area contributed by atoms with Crippen LogP contribution < -0.4 is 5.32 Å². The zero-order valence-corrected chi connectivity index (χ0v) is 14.1. The quantitative estimate of drug-likeness (QED) is 0.846. The van der Waals surface area contributed by atoms with E-state index in [1.807, 2.05) is 24.9 Å². The fraction of sp³-hybridized carbons (Fsp3) is 0.500. The summed E-state index contributed by atoms with van der Waals surface area (Å²) in [5.74, 6) is 0. The van der Waals surface area contributed by atoms with Crippen LogP contribution in [-0.2, 0) is 7.05 Å². The Kier molecular flexibility index (Phi) is 5.82. The predicted octanol–water partition coefficient (Wildman–Crippen LogP) is 3.73. The van der Waals surface area contributed by atoms with Crippen LogP contribution >= 0.6 is 11.8 Å². The SMILES string of the molecule is CCCNC(CC)c1ccc(Sc2cc(C)nn2C)cn1. The minimum absolute atomic E-state index is 0.350. The van der Waals surface area contributed by atoms with Crippen molar-refractivity contribution in [2.45, 2.75) is 49.6 Å². The molecule has 4 nitrogen and oxygen atoms in total. The Morgan fingerprint density at radius 2 is 2.14 bits per heavy atom. The van der Waals surface area contributed by atoms with Gasteiger partial charge in [0.05, 0.1) is 16.4 Å². The molecule has 0 aliphatic heterocycles. The molecule has 0 saturated carbocycles. The Hall–Kier alpha value is -1.33. The third kappa shape index (κ3) is 4.32. The second kappa shape index (κ2) is 7.61. The summed E-state index contributed by atoms with van der Waals surface area (Å²) in [4.78, 5) is 5.77. The van der Waals surface area contributed by atoms with Crippen molar-refractivity contribution in [3.63, 3.8) is 0 Å². The summed E-state index contributed by atoms with van der Waals surface area (Å²) in [6.07, 6.45) is 4.16. The summed E-state index contributed by atoms with van der Waals surface area (Å²) < 4.78 is 1.91. The van der Waals surface area contributed by atoms with Crippen molar-refractivity contribution in [3.05, 3.63) is 35.8 Å². The molecule has 1 N–H and O–H groups in total. The van der Waals surface area contributed by atoms with E-state index in [-0.39, 0.29) is 0 Å². The third-order valence-corrected chi connectivity index (χ3v) is 4.42. The van der Waals surface area contributed by atoms with Crippen LogP contribution in [0, 0.1) is 6.92 Å². The lowest BCUT2D eigenvalue weighted by molar-refractivity contribution is 0.507. The van der Waals surface area contributed by atoms with Crippen molar-refractivity contribution < 1.29 is 0 Å². The molecule has 0 aliphatic rings. The van der Waals surface area contributed by atoms with Crippen molar-refractivity contribution in [3.8, 4) is 0 Å². The normalized spacial score (nSPS) is 12.6. The average Bonchev–Trinajstić information content (AvgIpc) is 2.79. The molecule has 2 heterocycles. The minimum atomic E-state index is 0.350. The molecule has 21 heavy (non-hydrogen) atoms. The highest BCUT2D eigenvalue weighted by Gasteiger charge is 2.10. The molecule has 0 saturated heterocycles. The lowest BCUT2D eigenvalue weighted by Crippen LogP contribution is -2.22. The standard InChI is InChI=1S/C16H24N4S/c1-5-9-17-14(6-2)15-8-7-13(11-18-15)21-16-10-12(3)19-20(16)4/h7-8,10-11,14,17H,5-6,9H2,1-4H3. The van der Waals surface area contributed by atoms with Crippen molar-refractivity contribution in [2.75, 3.05) is 6.54 Å². The molecular formula is C16H24N4S. The Morgan fingerprint density at radius 3 is 2.67 bits per heavy atom. The molecule has 0 bridgehead atoms. The monoisotopic (exact) mass is 304 g/mol. The summed E-state index contributed by atoms with van der Waals surface area (Å²) in [6, 6.07) is 6.72. The zero-order valence-electron chi connectivity index (χ0n) is 13.3. The molecule has 0 aliphatic carbocycles. The summed E-state index contributed by atoms with van der Waals surface area (Å²) in [5, 5.41) is 9.04. The smallest absolute Gasteiger partial charge is 0.0987 e. The summed E-state index contributed by atoms with van der Waals surface area (Å²) in [6.45, 7) is 7.42. The molecule has 0 aromatic carbocycles. The molecule has 0 radical (unpaired) electrons. The Bertz CT molecular complexity index is 562. The molecule has 114 valence electrons. The van der Waals surface area contributed by atoms with Gasteiger partial charge in [0.25, 0.3) is 0 Å². The highest BCUT2D eigenvalue weighted by molar-refractivity contribution is 7.99. The van der Waals surface area contributed by atoms with Crippen LogP contribution in [0.5, 0.6) is 0 Å². The second-order valence-electron chi connectivity index (χ2n) is 5.18. The predicted molar refractivity (Wildman–Crippen MR) is 87.6 cm³/mol. The summed E-state index contributed by atoms with van der Waals surface area (Å²) >= 11 is 1.70. The van der Waals surface area contributed by atoms with Crippen LogP contribution in [0.25, 0.3) is 0 Å². The van der Waals surface area contributed by atoms with E-state index in [0.29, 0.717) is 6.04 Å². The first-order valence-electron chi connectivity index (χ1n) is 7.51. The van der Waals surface area contributed by atoms with Crippen molar-refractivity contribution in [1.82, 2.24) is 20.1 Å². The molecule has 0 amide bonds. The number of nitrogens with zero attached hydrogens (tertiary/aromatic N) is 3. The van der Waals surface area contributed by atoms with Gasteiger partial charge in [-0.3, -0.25) is 9.67 Å². The number of aryl methyl sites for hydroxylation is 2. The van der Waals surface area contributed by atoms with Gasteiger partial charge in [-0.05, 0) is 44.5 Å². The van der Waals surface area contributed by atoms with Crippen LogP contribution in [0.3, 0.4) is 0 Å². The number of aromatic nitrogens is 3. The number of rotatable bonds is 7. The van der Waals surface area contributed by atoms with Crippen molar-refractivity contribution >= 4 is 11.8 Å². The lowest BCUT2D eigenvalue weighted by atomic mass is 10.1. The van der Waals surface area contributed by atoms with Gasteiger partial charge in [-0.2, -0.15) is 5.10 Å². The second-order valence-corrected chi connectivity index (χ2v) is 6.28. The van der Waals surface area contributed by atoms with E-state index < -0.39 is 0 Å². The minimum Gasteiger partial charge on any atom is -0.309 e. The molecule has 1 unspecified atom stereocenters. The van der Waals surface area contributed by atoms with Crippen LogP contribution in [0.1, 0.15) is 44.1 Å². The fourth-order valence-corrected chi connectivity index (χ4v) is 3.12. The summed E-state index contributed by atoms with van der Waals surface area (Å²) in [5.41, 5.74) is 2.16. The van der Waals surface area contributed by atoms with Crippen molar-refractivity contribution in [2.24, 2.45) is 7.05 Å². The Balaban J connectivity index is 2.06. The van der Waals surface area contributed by atoms with E-state index in [1.165, 1.54) is 0 Å². The number of pyridine rings is 1. The van der Waals surface area contributed by atoms with E-state index in [9.17, 15) is 0 Å². The van der Waals surface area contributed by atoms with Gasteiger partial charge in [-0.1, -0.05) is 25.6 Å². The van der Waals surface area contributed by atoms with E-state index >= 15 is 0 Å². The van der Waals surface area contributed by atoms with E-state index in [0.717, 1.165) is 40.7 Å². The first-order chi connectivity index (χ1) is 10.1. The van der Waals surface area contributed by atoms with Gasteiger partial charge in [-0.15, -0.1) is 0 Å². The highest BCUT2D eigenvalue weighted by Crippen LogP contribution is 2.28. The number of hydrogen-bond donors (Lipinski definition) is 1. The lowest BCUT2D eigenvalue weighted by Gasteiger charge is -2.16. The van der Waals surface area contributed by atoms with Gasteiger partial charge in [0, 0.05) is 24.2 Å².